The van der Waals surface area contributed by atoms with Crippen LogP contribution in [0.3, 0.4) is 0 Å². The molecule has 2 nitrogen and oxygen atoms in total. The fraction of sp³-hybridized carbons (Fsp3) is 0.909. The number of piperazine rings is 1. The van der Waals surface area contributed by atoms with Gasteiger partial charge < -0.3 is 10.2 Å². The minimum Gasteiger partial charge on any atom is -0.311 e. The first-order valence-corrected chi connectivity index (χ1v) is 5.61. The highest BCUT2D eigenvalue weighted by Crippen LogP contribution is 2.05. The van der Waals surface area contributed by atoms with Gasteiger partial charge in [0.15, 0.2) is 0 Å². The van der Waals surface area contributed by atoms with E-state index < -0.39 is 0 Å². The van der Waals surface area contributed by atoms with Crippen LogP contribution in [0, 0.1) is 6.92 Å². The summed E-state index contributed by atoms with van der Waals surface area (Å²) < 4.78 is 0. The average Bonchev–Trinajstić information content (AvgIpc) is 2.16. The van der Waals surface area contributed by atoms with Crippen LogP contribution >= 0.6 is 0 Å². The average molecular weight is 183 g/mol. The van der Waals surface area contributed by atoms with E-state index in [0.717, 1.165) is 12.5 Å². The molecule has 1 aliphatic heterocycles. The van der Waals surface area contributed by atoms with Crippen LogP contribution in [0.2, 0.25) is 0 Å². The second kappa shape index (κ2) is 6.39. The van der Waals surface area contributed by atoms with Crippen molar-refractivity contribution in [3.8, 4) is 0 Å². The van der Waals surface area contributed by atoms with Gasteiger partial charge >= 0.3 is 0 Å². The van der Waals surface area contributed by atoms with Crippen molar-refractivity contribution in [3.05, 3.63) is 6.92 Å². The molecule has 1 atom stereocenters. The number of unbranched alkanes of at least 4 members (excludes halogenated alkanes) is 1. The fourth-order valence-corrected chi connectivity index (χ4v) is 1.97. The normalized spacial score (nSPS) is 24.9. The molecular formula is C11H23N2. The van der Waals surface area contributed by atoms with E-state index in [1.165, 1.54) is 45.4 Å². The third kappa shape index (κ3) is 4.10. The summed E-state index contributed by atoms with van der Waals surface area (Å²) in [5, 5.41) is 3.57. The third-order valence-corrected chi connectivity index (χ3v) is 2.70. The molecule has 1 heterocycles. The van der Waals surface area contributed by atoms with Gasteiger partial charge in [0.05, 0.1) is 0 Å². The first-order valence-electron chi connectivity index (χ1n) is 5.61. The molecule has 0 aromatic carbocycles. The van der Waals surface area contributed by atoms with Crippen LogP contribution in [0.25, 0.3) is 0 Å². The van der Waals surface area contributed by atoms with E-state index >= 15 is 0 Å². The van der Waals surface area contributed by atoms with Crippen molar-refractivity contribution < 1.29 is 0 Å². The fourth-order valence-electron chi connectivity index (χ4n) is 1.97. The highest BCUT2D eigenvalue weighted by molar-refractivity contribution is 4.77. The molecule has 0 aromatic heterocycles. The Bertz CT molecular complexity index is 123. The van der Waals surface area contributed by atoms with Gasteiger partial charge in [-0.1, -0.05) is 26.7 Å². The Morgan fingerprint density at radius 2 is 2.38 bits per heavy atom. The van der Waals surface area contributed by atoms with Crippen molar-refractivity contribution in [2.75, 3.05) is 26.2 Å². The van der Waals surface area contributed by atoms with Gasteiger partial charge in [-0.2, -0.15) is 0 Å². The minimum absolute atomic E-state index is 0.739. The van der Waals surface area contributed by atoms with Crippen molar-refractivity contribution in [2.45, 2.75) is 38.6 Å². The lowest BCUT2D eigenvalue weighted by atomic mass is 10.1. The molecule has 0 aliphatic carbocycles. The van der Waals surface area contributed by atoms with Crippen molar-refractivity contribution in [1.29, 1.82) is 0 Å². The first-order chi connectivity index (χ1) is 6.36. The predicted octanol–water partition coefficient (Wildman–Crippen LogP) is 1.67. The van der Waals surface area contributed by atoms with E-state index in [1.54, 1.807) is 0 Å². The van der Waals surface area contributed by atoms with Crippen LogP contribution in [0.15, 0.2) is 0 Å². The summed E-state index contributed by atoms with van der Waals surface area (Å²) in [6.07, 6.45) is 4.93. The Morgan fingerprint density at radius 3 is 3.08 bits per heavy atom. The molecule has 77 valence electrons. The van der Waals surface area contributed by atoms with Gasteiger partial charge in [-0.15, -0.1) is 0 Å². The Morgan fingerprint density at radius 1 is 1.54 bits per heavy atom. The molecule has 0 saturated carbocycles. The highest BCUT2D eigenvalue weighted by Gasteiger charge is 2.17. The summed E-state index contributed by atoms with van der Waals surface area (Å²) in [5.74, 6) is 0. The quantitative estimate of drug-likeness (QED) is 0.697. The van der Waals surface area contributed by atoms with Crippen LogP contribution < -0.4 is 5.32 Å². The maximum absolute atomic E-state index is 3.88. The van der Waals surface area contributed by atoms with E-state index in [2.05, 4.69) is 24.1 Å². The molecule has 0 spiro atoms. The smallest absolute Gasteiger partial charge is 0.0195 e. The van der Waals surface area contributed by atoms with Crippen molar-refractivity contribution in [2.24, 2.45) is 0 Å². The van der Waals surface area contributed by atoms with Crippen molar-refractivity contribution in [1.82, 2.24) is 10.2 Å². The highest BCUT2D eigenvalue weighted by atomic mass is 15.2. The summed E-state index contributed by atoms with van der Waals surface area (Å²) >= 11 is 0. The second-order valence-corrected chi connectivity index (χ2v) is 3.95. The molecule has 1 unspecified atom stereocenters. The Labute approximate surface area is 82.7 Å². The van der Waals surface area contributed by atoms with Crippen LogP contribution in [-0.2, 0) is 0 Å². The van der Waals surface area contributed by atoms with E-state index in [9.17, 15) is 0 Å². The number of nitrogens with zero attached hydrogens (tertiary/aromatic N) is 1. The van der Waals surface area contributed by atoms with E-state index in [-0.39, 0.29) is 0 Å². The lowest BCUT2D eigenvalue weighted by molar-refractivity contribution is 0.192. The zero-order chi connectivity index (χ0) is 9.52. The molecule has 1 rings (SSSR count). The summed E-state index contributed by atoms with van der Waals surface area (Å²) in [5.41, 5.74) is 0. The van der Waals surface area contributed by atoms with Gasteiger partial charge in [-0.3, -0.25) is 0 Å². The molecule has 13 heavy (non-hydrogen) atoms. The Kier molecular flexibility index (Phi) is 5.40. The maximum Gasteiger partial charge on any atom is 0.0195 e. The van der Waals surface area contributed by atoms with Gasteiger partial charge in [-0.05, 0) is 19.4 Å². The lowest BCUT2D eigenvalue weighted by Gasteiger charge is -2.33. The number of hydrogen-bond donors (Lipinski definition) is 1. The summed E-state index contributed by atoms with van der Waals surface area (Å²) in [4.78, 5) is 2.57. The summed E-state index contributed by atoms with van der Waals surface area (Å²) in [6, 6.07) is 0.739. The third-order valence-electron chi connectivity index (χ3n) is 2.70. The molecule has 0 bridgehead atoms. The van der Waals surface area contributed by atoms with Gasteiger partial charge in [0, 0.05) is 25.7 Å². The van der Waals surface area contributed by atoms with Crippen molar-refractivity contribution >= 4 is 0 Å². The molecule has 1 N–H and O–H groups in total. The number of hydrogen-bond acceptors (Lipinski definition) is 2. The SMILES string of the molecule is [CH2]CCCN1CCNC(CCC)C1. The molecule has 2 heteroatoms. The van der Waals surface area contributed by atoms with Crippen molar-refractivity contribution in [3.63, 3.8) is 0 Å². The monoisotopic (exact) mass is 183 g/mol. The Hall–Kier alpha value is -0.0800. The zero-order valence-electron chi connectivity index (χ0n) is 8.89. The molecule has 0 amide bonds. The van der Waals surface area contributed by atoms with Crippen LogP contribution in [0.1, 0.15) is 32.6 Å². The van der Waals surface area contributed by atoms with Crippen LogP contribution in [0.5, 0.6) is 0 Å². The minimum atomic E-state index is 0.739. The molecule has 1 fully saturated rings. The summed E-state index contributed by atoms with van der Waals surface area (Å²) in [7, 11) is 0. The molecule has 1 saturated heterocycles. The van der Waals surface area contributed by atoms with Gasteiger partial charge in [-0.25, -0.2) is 0 Å². The molecular weight excluding hydrogens is 160 g/mol. The standard InChI is InChI=1S/C11H23N2/c1-3-5-8-13-9-7-12-11(10-13)6-4-2/h11-12H,1,3-10H2,2H3. The molecule has 1 radical (unpaired) electrons. The second-order valence-electron chi connectivity index (χ2n) is 3.95. The van der Waals surface area contributed by atoms with Gasteiger partial charge in [0.2, 0.25) is 0 Å². The zero-order valence-corrected chi connectivity index (χ0v) is 8.89. The largest absolute Gasteiger partial charge is 0.311 e. The number of nitrogens with one attached hydrogen (secondary N) is 1. The van der Waals surface area contributed by atoms with Gasteiger partial charge in [0.1, 0.15) is 0 Å². The Balaban J connectivity index is 2.16. The van der Waals surface area contributed by atoms with Crippen LogP contribution in [0.4, 0.5) is 0 Å². The van der Waals surface area contributed by atoms with Crippen LogP contribution in [-0.4, -0.2) is 37.1 Å². The van der Waals surface area contributed by atoms with E-state index in [0.29, 0.717) is 0 Å². The topological polar surface area (TPSA) is 15.3 Å². The van der Waals surface area contributed by atoms with E-state index in [4.69, 9.17) is 0 Å². The lowest BCUT2D eigenvalue weighted by Crippen LogP contribution is -2.50. The van der Waals surface area contributed by atoms with Gasteiger partial charge in [0.25, 0.3) is 0 Å². The molecule has 0 aromatic rings. The number of rotatable bonds is 5. The predicted molar refractivity (Wildman–Crippen MR) is 57.7 cm³/mol. The maximum atomic E-state index is 3.88. The molecule has 1 aliphatic rings. The summed E-state index contributed by atoms with van der Waals surface area (Å²) in [6.45, 7) is 11.0. The first kappa shape index (κ1) is 11.0. The van der Waals surface area contributed by atoms with E-state index in [1.807, 2.05) is 0 Å².